The van der Waals surface area contributed by atoms with Gasteiger partial charge in [-0.3, -0.25) is 14.9 Å². The molecular formula is C24H26N2O6S. The molecule has 0 bridgehead atoms. The SMILES string of the molecule is CCOC(=O)c1c(NC(=O)C(C)Sc2cc(C)c3cccc(OC)c3n2)oc(C)c1C(C)=O. The summed E-state index contributed by atoms with van der Waals surface area (Å²) in [5.74, 6) is -0.704. The van der Waals surface area contributed by atoms with Gasteiger partial charge >= 0.3 is 5.97 Å². The summed E-state index contributed by atoms with van der Waals surface area (Å²) in [6, 6.07) is 7.61. The van der Waals surface area contributed by atoms with E-state index in [1.807, 2.05) is 31.2 Å². The van der Waals surface area contributed by atoms with Crippen LogP contribution in [0.15, 0.2) is 33.7 Å². The predicted octanol–water partition coefficient (Wildman–Crippen LogP) is 4.95. The summed E-state index contributed by atoms with van der Waals surface area (Å²) in [5.41, 5.74) is 1.75. The number of thioether (sulfide) groups is 1. The topological polar surface area (TPSA) is 108 Å². The first kappa shape index (κ1) is 24.3. The lowest BCUT2D eigenvalue weighted by molar-refractivity contribution is -0.115. The number of ketones is 1. The fourth-order valence-electron chi connectivity index (χ4n) is 3.49. The molecule has 8 nitrogen and oxygen atoms in total. The van der Waals surface area contributed by atoms with Crippen LogP contribution in [0, 0.1) is 13.8 Å². The van der Waals surface area contributed by atoms with Crippen molar-refractivity contribution in [1.29, 1.82) is 0 Å². The van der Waals surface area contributed by atoms with Crippen LogP contribution in [0.25, 0.3) is 10.9 Å². The number of hydrogen-bond donors (Lipinski definition) is 1. The number of esters is 1. The molecular weight excluding hydrogens is 444 g/mol. The smallest absolute Gasteiger partial charge is 0.344 e. The summed E-state index contributed by atoms with van der Waals surface area (Å²) in [6.45, 7) is 8.35. The Morgan fingerprint density at radius 1 is 1.21 bits per heavy atom. The monoisotopic (exact) mass is 470 g/mol. The average Bonchev–Trinajstić information content (AvgIpc) is 3.09. The van der Waals surface area contributed by atoms with Gasteiger partial charge in [0.25, 0.3) is 0 Å². The van der Waals surface area contributed by atoms with E-state index in [4.69, 9.17) is 13.9 Å². The number of ether oxygens (including phenoxy) is 2. The maximum atomic E-state index is 12.9. The minimum atomic E-state index is -0.728. The van der Waals surface area contributed by atoms with E-state index in [1.54, 1.807) is 27.9 Å². The number of amides is 1. The number of aryl methyl sites for hydroxylation is 2. The lowest BCUT2D eigenvalue weighted by Gasteiger charge is -2.13. The average molecular weight is 471 g/mol. The van der Waals surface area contributed by atoms with E-state index in [2.05, 4.69) is 10.3 Å². The molecule has 174 valence electrons. The van der Waals surface area contributed by atoms with Crippen molar-refractivity contribution in [3.8, 4) is 5.75 Å². The number of pyridine rings is 1. The number of carbonyl (C=O) groups excluding carboxylic acids is 3. The summed E-state index contributed by atoms with van der Waals surface area (Å²) in [5, 5.41) is 3.67. The van der Waals surface area contributed by atoms with E-state index in [-0.39, 0.29) is 35.2 Å². The number of benzene rings is 1. The van der Waals surface area contributed by atoms with Crippen LogP contribution < -0.4 is 10.1 Å². The summed E-state index contributed by atoms with van der Waals surface area (Å²) < 4.78 is 16.0. The lowest BCUT2D eigenvalue weighted by atomic mass is 10.1. The highest BCUT2D eigenvalue weighted by Crippen LogP contribution is 2.33. The molecule has 0 radical (unpaired) electrons. The van der Waals surface area contributed by atoms with Gasteiger partial charge in [-0.15, -0.1) is 0 Å². The van der Waals surface area contributed by atoms with Crippen molar-refractivity contribution >= 4 is 46.2 Å². The van der Waals surface area contributed by atoms with Crippen molar-refractivity contribution in [2.45, 2.75) is 44.9 Å². The van der Waals surface area contributed by atoms with Gasteiger partial charge in [0.1, 0.15) is 22.6 Å². The van der Waals surface area contributed by atoms with Crippen LogP contribution in [0.4, 0.5) is 5.88 Å². The number of para-hydroxylation sites is 1. The number of hydrogen-bond acceptors (Lipinski definition) is 8. The Bertz CT molecular complexity index is 1230. The normalized spacial score (nSPS) is 11.8. The summed E-state index contributed by atoms with van der Waals surface area (Å²) in [7, 11) is 1.59. The van der Waals surface area contributed by atoms with E-state index in [0.717, 1.165) is 10.9 Å². The maximum Gasteiger partial charge on any atom is 0.344 e. The van der Waals surface area contributed by atoms with E-state index < -0.39 is 17.1 Å². The third-order valence-electron chi connectivity index (χ3n) is 5.03. The number of carbonyl (C=O) groups is 3. The quantitative estimate of drug-likeness (QED) is 0.280. The highest BCUT2D eigenvalue weighted by Gasteiger charge is 2.30. The van der Waals surface area contributed by atoms with Gasteiger partial charge in [0.15, 0.2) is 5.78 Å². The first-order chi connectivity index (χ1) is 15.7. The molecule has 0 saturated heterocycles. The third-order valence-corrected chi connectivity index (χ3v) is 6.04. The summed E-state index contributed by atoms with van der Waals surface area (Å²) in [4.78, 5) is 42.1. The van der Waals surface area contributed by atoms with E-state index in [9.17, 15) is 14.4 Å². The molecule has 3 aromatic rings. The molecule has 3 rings (SSSR count). The predicted molar refractivity (Wildman–Crippen MR) is 126 cm³/mol. The fraction of sp³-hybridized carbons (Fsp3) is 0.333. The number of rotatable bonds is 8. The Hall–Kier alpha value is -3.33. The second-order valence-electron chi connectivity index (χ2n) is 7.40. The number of aromatic nitrogens is 1. The number of methoxy groups -OCH3 is 1. The molecule has 0 aliphatic rings. The van der Waals surface area contributed by atoms with Crippen LogP contribution in [0.5, 0.6) is 5.75 Å². The molecule has 1 amide bonds. The van der Waals surface area contributed by atoms with Gasteiger partial charge in [-0.1, -0.05) is 23.9 Å². The Morgan fingerprint density at radius 2 is 1.94 bits per heavy atom. The first-order valence-corrected chi connectivity index (χ1v) is 11.3. The van der Waals surface area contributed by atoms with Crippen LogP contribution in [0.1, 0.15) is 52.8 Å². The van der Waals surface area contributed by atoms with Gasteiger partial charge in [-0.2, -0.15) is 0 Å². The standard InChI is InChI=1S/C24H26N2O6S/c1-7-31-24(29)20-19(13(3)27)14(4)32-23(20)26-22(28)15(5)33-18-11-12(2)16-9-8-10-17(30-6)21(16)25-18/h8-11,15H,7H2,1-6H3,(H,26,28). The molecule has 2 heterocycles. The molecule has 33 heavy (non-hydrogen) atoms. The van der Waals surface area contributed by atoms with Crippen LogP contribution in [0.3, 0.4) is 0 Å². The molecule has 1 unspecified atom stereocenters. The number of Topliss-reactive ketones (excluding diaryl/α,β-unsaturated/α-hetero) is 1. The minimum absolute atomic E-state index is 0.0724. The number of anilines is 1. The van der Waals surface area contributed by atoms with Crippen molar-refractivity contribution < 1.29 is 28.3 Å². The van der Waals surface area contributed by atoms with Crippen LogP contribution in [0.2, 0.25) is 0 Å². The molecule has 0 saturated carbocycles. The number of nitrogens with zero attached hydrogens (tertiary/aromatic N) is 1. The highest BCUT2D eigenvalue weighted by molar-refractivity contribution is 8.00. The summed E-state index contributed by atoms with van der Waals surface area (Å²) >= 11 is 1.26. The molecule has 0 spiro atoms. The zero-order valence-corrected chi connectivity index (χ0v) is 20.2. The second-order valence-corrected chi connectivity index (χ2v) is 8.76. The third kappa shape index (κ3) is 5.03. The van der Waals surface area contributed by atoms with Crippen molar-refractivity contribution in [3.63, 3.8) is 0 Å². The zero-order chi connectivity index (χ0) is 24.3. The van der Waals surface area contributed by atoms with Crippen molar-refractivity contribution in [1.82, 2.24) is 4.98 Å². The number of fused-ring (bicyclic) bond motifs is 1. The Labute approximate surface area is 196 Å². The van der Waals surface area contributed by atoms with Crippen LogP contribution in [-0.4, -0.2) is 41.6 Å². The van der Waals surface area contributed by atoms with Gasteiger partial charge < -0.3 is 13.9 Å². The van der Waals surface area contributed by atoms with Crippen LogP contribution in [-0.2, 0) is 9.53 Å². The molecule has 0 fully saturated rings. The summed E-state index contributed by atoms with van der Waals surface area (Å²) in [6.07, 6.45) is 0. The van der Waals surface area contributed by atoms with Crippen LogP contribution >= 0.6 is 11.8 Å². The Morgan fingerprint density at radius 3 is 2.58 bits per heavy atom. The largest absolute Gasteiger partial charge is 0.494 e. The van der Waals surface area contributed by atoms with E-state index in [0.29, 0.717) is 16.3 Å². The second kappa shape index (κ2) is 10.1. The lowest BCUT2D eigenvalue weighted by Crippen LogP contribution is -2.24. The van der Waals surface area contributed by atoms with Crippen molar-refractivity contribution in [2.24, 2.45) is 0 Å². The van der Waals surface area contributed by atoms with Gasteiger partial charge in [-0.05, 0) is 52.3 Å². The molecule has 2 aromatic heterocycles. The fourth-order valence-corrected chi connectivity index (χ4v) is 4.41. The molecule has 1 N–H and O–H groups in total. The zero-order valence-electron chi connectivity index (χ0n) is 19.4. The maximum absolute atomic E-state index is 12.9. The minimum Gasteiger partial charge on any atom is -0.494 e. The molecule has 9 heteroatoms. The molecule has 1 aromatic carbocycles. The molecule has 0 aliphatic carbocycles. The van der Waals surface area contributed by atoms with Gasteiger partial charge in [0, 0.05) is 5.39 Å². The highest BCUT2D eigenvalue weighted by atomic mass is 32.2. The molecule has 1 atom stereocenters. The van der Waals surface area contributed by atoms with Crippen molar-refractivity contribution in [2.75, 3.05) is 19.0 Å². The number of nitrogens with one attached hydrogen (secondary N) is 1. The molecule has 0 aliphatic heterocycles. The van der Waals surface area contributed by atoms with Gasteiger partial charge in [0.2, 0.25) is 11.8 Å². The van der Waals surface area contributed by atoms with Gasteiger partial charge in [-0.25, -0.2) is 9.78 Å². The van der Waals surface area contributed by atoms with E-state index in [1.165, 1.54) is 18.7 Å². The Kier molecular flexibility index (Phi) is 7.43. The van der Waals surface area contributed by atoms with Gasteiger partial charge in [0.05, 0.1) is 29.6 Å². The van der Waals surface area contributed by atoms with Crippen molar-refractivity contribution in [3.05, 3.63) is 46.7 Å². The Balaban J connectivity index is 1.87. The first-order valence-electron chi connectivity index (χ1n) is 10.4. The number of furan rings is 1. The van der Waals surface area contributed by atoms with E-state index >= 15 is 0 Å².